The van der Waals surface area contributed by atoms with Gasteiger partial charge < -0.3 is 9.84 Å². The van der Waals surface area contributed by atoms with Crippen molar-refractivity contribution in [1.29, 1.82) is 5.26 Å². The number of fused-ring (bicyclic) bond motifs is 1. The number of carbonyl (C=O) groups excluding carboxylic acids is 1. The number of hydrogen-bond donors (Lipinski definition) is 2. The van der Waals surface area contributed by atoms with E-state index in [9.17, 15) is 19.6 Å². The molecule has 1 aliphatic heterocycles. The van der Waals surface area contributed by atoms with Crippen LogP contribution in [0, 0.1) is 24.1 Å². The standard InChI is InChI=1S/C22H22FN5O3/c1-13-19-20(18(30)3-2-6-28-7-9-31-10-8-28)16(12-24)21(25-22(19)27-26-13)15-5-4-14(29)11-17(15)23/h4-5,11,29H,2-3,6-10H2,1H3,(H,25,26,27). The zero-order valence-corrected chi connectivity index (χ0v) is 17.1. The molecule has 0 bridgehead atoms. The quantitative estimate of drug-likeness (QED) is 0.586. The summed E-state index contributed by atoms with van der Waals surface area (Å²) in [6.45, 7) is 5.56. The molecule has 0 atom stereocenters. The number of halogens is 1. The van der Waals surface area contributed by atoms with E-state index in [2.05, 4.69) is 26.2 Å². The van der Waals surface area contributed by atoms with E-state index in [0.717, 1.165) is 25.7 Å². The maximum atomic E-state index is 14.6. The van der Waals surface area contributed by atoms with Crippen LogP contribution in [0.4, 0.5) is 4.39 Å². The molecule has 160 valence electrons. The highest BCUT2D eigenvalue weighted by molar-refractivity contribution is 6.11. The Balaban J connectivity index is 1.73. The first-order valence-electron chi connectivity index (χ1n) is 10.1. The lowest BCUT2D eigenvalue weighted by atomic mass is 9.93. The molecule has 0 aliphatic carbocycles. The van der Waals surface area contributed by atoms with Gasteiger partial charge in [0.1, 0.15) is 17.6 Å². The Bertz CT molecular complexity index is 1180. The Morgan fingerprint density at radius 1 is 1.39 bits per heavy atom. The SMILES string of the molecule is Cc1[nH]nc2nc(-c3ccc(O)cc3F)c(C#N)c(C(=O)CCCN3CCOCC3)c12. The van der Waals surface area contributed by atoms with Gasteiger partial charge in [-0.15, -0.1) is 0 Å². The van der Waals surface area contributed by atoms with E-state index >= 15 is 0 Å². The van der Waals surface area contributed by atoms with Gasteiger partial charge in [0.25, 0.3) is 0 Å². The van der Waals surface area contributed by atoms with E-state index in [1.807, 2.05) is 0 Å². The van der Waals surface area contributed by atoms with Gasteiger partial charge >= 0.3 is 0 Å². The van der Waals surface area contributed by atoms with Crippen LogP contribution in [0.3, 0.4) is 0 Å². The molecule has 1 saturated heterocycles. The van der Waals surface area contributed by atoms with Crippen molar-refractivity contribution in [1.82, 2.24) is 20.1 Å². The number of morpholine rings is 1. The Kier molecular flexibility index (Phi) is 5.93. The summed E-state index contributed by atoms with van der Waals surface area (Å²) in [7, 11) is 0. The molecule has 0 amide bonds. The molecule has 3 heterocycles. The minimum absolute atomic E-state index is 0.0120. The van der Waals surface area contributed by atoms with Gasteiger partial charge in [-0.2, -0.15) is 10.4 Å². The molecule has 3 aromatic rings. The van der Waals surface area contributed by atoms with Crippen molar-refractivity contribution >= 4 is 16.8 Å². The molecule has 0 saturated carbocycles. The lowest BCUT2D eigenvalue weighted by molar-refractivity contribution is 0.0371. The fraction of sp³-hybridized carbons (Fsp3) is 0.364. The molecule has 2 N–H and O–H groups in total. The summed E-state index contributed by atoms with van der Waals surface area (Å²) < 4.78 is 19.9. The summed E-state index contributed by atoms with van der Waals surface area (Å²) in [5.74, 6) is -1.18. The van der Waals surface area contributed by atoms with E-state index in [-0.39, 0.29) is 46.0 Å². The molecular weight excluding hydrogens is 401 g/mol. The van der Waals surface area contributed by atoms with Crippen LogP contribution >= 0.6 is 0 Å². The topological polar surface area (TPSA) is 115 Å². The molecule has 9 heteroatoms. The minimum Gasteiger partial charge on any atom is -0.508 e. The molecular formula is C22H22FN5O3. The average molecular weight is 423 g/mol. The van der Waals surface area contributed by atoms with Crippen LogP contribution in [0.1, 0.15) is 34.5 Å². The number of aromatic nitrogens is 3. The number of aryl methyl sites for hydroxylation is 1. The molecule has 2 aromatic heterocycles. The summed E-state index contributed by atoms with van der Waals surface area (Å²) in [5.41, 5.74) is 1.15. The molecule has 4 rings (SSSR count). The van der Waals surface area contributed by atoms with Crippen LogP contribution in [0.2, 0.25) is 0 Å². The van der Waals surface area contributed by atoms with Crippen molar-refractivity contribution in [3.63, 3.8) is 0 Å². The summed E-state index contributed by atoms with van der Waals surface area (Å²) in [5, 5.41) is 26.8. The highest BCUT2D eigenvalue weighted by atomic mass is 19.1. The number of aromatic amines is 1. The second-order valence-corrected chi connectivity index (χ2v) is 7.51. The third-order valence-electron chi connectivity index (χ3n) is 5.46. The van der Waals surface area contributed by atoms with Crippen molar-refractivity contribution in [2.75, 3.05) is 32.8 Å². The zero-order valence-electron chi connectivity index (χ0n) is 17.1. The van der Waals surface area contributed by atoms with E-state index in [1.54, 1.807) is 6.92 Å². The number of nitrogens with one attached hydrogen (secondary N) is 1. The molecule has 1 aromatic carbocycles. The van der Waals surface area contributed by atoms with Crippen molar-refractivity contribution < 1.29 is 19.0 Å². The number of nitriles is 1. The van der Waals surface area contributed by atoms with E-state index in [1.165, 1.54) is 12.1 Å². The molecule has 0 unspecified atom stereocenters. The number of pyridine rings is 1. The lowest BCUT2D eigenvalue weighted by Crippen LogP contribution is -2.36. The van der Waals surface area contributed by atoms with Gasteiger partial charge in [0.05, 0.1) is 35.4 Å². The lowest BCUT2D eigenvalue weighted by Gasteiger charge is -2.26. The normalized spacial score (nSPS) is 14.6. The zero-order chi connectivity index (χ0) is 22.0. The Morgan fingerprint density at radius 2 is 2.16 bits per heavy atom. The van der Waals surface area contributed by atoms with E-state index < -0.39 is 5.82 Å². The number of ether oxygens (including phenoxy) is 1. The fourth-order valence-electron chi connectivity index (χ4n) is 3.89. The third kappa shape index (κ3) is 4.13. The van der Waals surface area contributed by atoms with Crippen molar-refractivity contribution in [2.45, 2.75) is 19.8 Å². The van der Waals surface area contributed by atoms with Crippen LogP contribution < -0.4 is 0 Å². The first-order chi connectivity index (χ1) is 15.0. The van der Waals surface area contributed by atoms with Gasteiger partial charge in [-0.05, 0) is 32.0 Å². The molecule has 31 heavy (non-hydrogen) atoms. The van der Waals surface area contributed by atoms with Gasteiger partial charge in [-0.3, -0.25) is 14.8 Å². The van der Waals surface area contributed by atoms with Gasteiger partial charge in [0.15, 0.2) is 11.4 Å². The molecule has 8 nitrogen and oxygen atoms in total. The van der Waals surface area contributed by atoms with Crippen LogP contribution in [-0.4, -0.2) is 63.8 Å². The number of phenolic OH excluding ortho intramolecular Hbond substituents is 1. The summed E-state index contributed by atoms with van der Waals surface area (Å²) in [6, 6.07) is 5.65. The predicted octanol–water partition coefficient (Wildman–Crippen LogP) is 2.94. The smallest absolute Gasteiger partial charge is 0.182 e. The van der Waals surface area contributed by atoms with Crippen molar-refractivity contribution in [3.8, 4) is 23.1 Å². The Morgan fingerprint density at radius 3 is 2.87 bits per heavy atom. The number of hydrogen-bond acceptors (Lipinski definition) is 7. The second-order valence-electron chi connectivity index (χ2n) is 7.51. The maximum absolute atomic E-state index is 14.6. The largest absolute Gasteiger partial charge is 0.508 e. The first kappa shape index (κ1) is 20.9. The van der Waals surface area contributed by atoms with Crippen LogP contribution in [0.15, 0.2) is 18.2 Å². The number of ketones is 1. The fourth-order valence-corrected chi connectivity index (χ4v) is 3.89. The highest BCUT2D eigenvalue weighted by Gasteiger charge is 2.25. The maximum Gasteiger partial charge on any atom is 0.182 e. The van der Waals surface area contributed by atoms with E-state index in [0.29, 0.717) is 30.7 Å². The predicted molar refractivity (Wildman–Crippen MR) is 111 cm³/mol. The number of aromatic hydroxyl groups is 1. The highest BCUT2D eigenvalue weighted by Crippen LogP contribution is 2.33. The number of rotatable bonds is 6. The third-order valence-corrected chi connectivity index (χ3v) is 5.46. The van der Waals surface area contributed by atoms with Crippen LogP contribution in [0.25, 0.3) is 22.3 Å². The number of carbonyl (C=O) groups is 1. The summed E-state index contributed by atoms with van der Waals surface area (Å²) >= 11 is 0. The van der Waals surface area contributed by atoms with Crippen LogP contribution in [-0.2, 0) is 4.74 Å². The monoisotopic (exact) mass is 423 g/mol. The second kappa shape index (κ2) is 8.79. The Labute approximate surface area is 178 Å². The van der Waals surface area contributed by atoms with Crippen molar-refractivity contribution in [2.24, 2.45) is 0 Å². The first-order valence-corrected chi connectivity index (χ1v) is 10.1. The molecule has 1 fully saturated rings. The minimum atomic E-state index is -0.735. The number of phenols is 1. The number of Topliss-reactive ketones (excluding diaryl/α,β-unsaturated/α-hetero) is 1. The molecule has 0 radical (unpaired) electrons. The number of nitrogens with zero attached hydrogens (tertiary/aromatic N) is 4. The van der Waals surface area contributed by atoms with Crippen molar-refractivity contribution in [3.05, 3.63) is 40.8 Å². The molecule has 0 spiro atoms. The Hall–Kier alpha value is -3.35. The number of H-pyrrole nitrogens is 1. The van der Waals surface area contributed by atoms with Crippen LogP contribution in [0.5, 0.6) is 5.75 Å². The van der Waals surface area contributed by atoms with Gasteiger partial charge in [-0.1, -0.05) is 0 Å². The van der Waals surface area contributed by atoms with Gasteiger partial charge in [-0.25, -0.2) is 9.37 Å². The van der Waals surface area contributed by atoms with Gasteiger partial charge in [0.2, 0.25) is 0 Å². The summed E-state index contributed by atoms with van der Waals surface area (Å²) in [4.78, 5) is 19.9. The van der Waals surface area contributed by atoms with Gasteiger partial charge in [0, 0.05) is 36.8 Å². The summed E-state index contributed by atoms with van der Waals surface area (Å²) in [6.07, 6.45) is 0.876. The number of benzene rings is 1. The van der Waals surface area contributed by atoms with E-state index in [4.69, 9.17) is 4.74 Å². The molecule has 1 aliphatic rings. The average Bonchev–Trinajstić information content (AvgIpc) is 3.13.